The predicted molar refractivity (Wildman–Crippen MR) is 171 cm³/mol. The average molecular weight is 620 g/mol. The summed E-state index contributed by atoms with van der Waals surface area (Å²) in [4.78, 5) is 20.0. The van der Waals surface area contributed by atoms with Gasteiger partial charge in [0.1, 0.15) is 23.7 Å². The van der Waals surface area contributed by atoms with Crippen LogP contribution in [-0.2, 0) is 20.7 Å². The summed E-state index contributed by atoms with van der Waals surface area (Å²) >= 11 is 6.64. The summed E-state index contributed by atoms with van der Waals surface area (Å²) in [5, 5.41) is 17.7. The lowest BCUT2D eigenvalue weighted by molar-refractivity contribution is -0.111. The third-order valence-corrected chi connectivity index (χ3v) is 7.86. The summed E-state index contributed by atoms with van der Waals surface area (Å²) in [7, 11) is 0. The molecule has 11 heteroatoms. The molecule has 232 valence electrons. The van der Waals surface area contributed by atoms with Gasteiger partial charge in [0.15, 0.2) is 0 Å². The first-order valence-electron chi connectivity index (χ1n) is 15.1. The quantitative estimate of drug-likeness (QED) is 0.255. The van der Waals surface area contributed by atoms with Crippen LogP contribution in [0, 0.1) is 11.3 Å². The number of benzene rings is 2. The van der Waals surface area contributed by atoms with E-state index >= 15 is 0 Å². The van der Waals surface area contributed by atoms with Gasteiger partial charge in [0.2, 0.25) is 5.91 Å². The maximum atomic E-state index is 12.9. The Balaban J connectivity index is 1.45. The van der Waals surface area contributed by atoms with Gasteiger partial charge in [0.25, 0.3) is 0 Å². The van der Waals surface area contributed by atoms with Crippen molar-refractivity contribution in [3.8, 4) is 17.6 Å². The lowest BCUT2D eigenvalue weighted by atomic mass is 10.0. The normalized spacial score (nSPS) is 16.1. The molecule has 5 rings (SSSR count). The number of hydrogen-bond acceptors (Lipinski definition) is 9. The molecule has 3 heterocycles. The minimum atomic E-state index is -0.279. The van der Waals surface area contributed by atoms with Crippen molar-refractivity contribution in [2.45, 2.75) is 39.2 Å². The van der Waals surface area contributed by atoms with E-state index in [1.807, 2.05) is 32.1 Å². The van der Waals surface area contributed by atoms with E-state index in [1.54, 1.807) is 18.2 Å². The number of aryl methyl sites for hydroxylation is 1. The lowest BCUT2D eigenvalue weighted by Gasteiger charge is -2.25. The molecule has 0 radical (unpaired) electrons. The maximum absolute atomic E-state index is 12.9. The van der Waals surface area contributed by atoms with Crippen molar-refractivity contribution in [2.75, 3.05) is 63.3 Å². The van der Waals surface area contributed by atoms with Crippen molar-refractivity contribution in [1.29, 1.82) is 5.26 Å². The molecule has 2 aliphatic rings. The zero-order chi connectivity index (χ0) is 30.9. The standard InChI is InChI=1S/C33H38ClN5O5/c1-3-27-25(21-35)33(36-22-7-8-30(26(34)18-22)44-23-9-14-41-15-10-23)24-19-29(31(43-4-2)20-28(24)37-27)38-32(40)6-5-11-39-12-16-42-17-13-39/h5-8,18-20,23H,3-4,9-17H2,1-2H3,(H,36,37)(H,38,40)/b6-5+. The fourth-order valence-corrected chi connectivity index (χ4v) is 5.50. The maximum Gasteiger partial charge on any atom is 0.248 e. The van der Waals surface area contributed by atoms with Gasteiger partial charge in [-0.05, 0) is 37.6 Å². The van der Waals surface area contributed by atoms with Crippen LogP contribution in [0.4, 0.5) is 17.1 Å². The summed E-state index contributed by atoms with van der Waals surface area (Å²) in [6.07, 6.45) is 5.62. The number of fused-ring (bicyclic) bond motifs is 1. The smallest absolute Gasteiger partial charge is 0.248 e. The van der Waals surface area contributed by atoms with Crippen molar-refractivity contribution >= 4 is 45.5 Å². The van der Waals surface area contributed by atoms with E-state index in [4.69, 9.17) is 35.5 Å². The number of nitrogens with zero attached hydrogens (tertiary/aromatic N) is 3. The monoisotopic (exact) mass is 619 g/mol. The Bertz CT molecular complexity index is 1540. The molecule has 2 saturated heterocycles. The van der Waals surface area contributed by atoms with Crippen LogP contribution in [0.3, 0.4) is 0 Å². The number of pyridine rings is 1. The Hall–Kier alpha value is -3.88. The molecule has 2 aliphatic heterocycles. The molecule has 0 spiro atoms. The minimum absolute atomic E-state index is 0.0592. The molecule has 0 bridgehead atoms. The number of rotatable bonds is 11. The van der Waals surface area contributed by atoms with Crippen LogP contribution in [0.25, 0.3) is 10.9 Å². The highest BCUT2D eigenvalue weighted by atomic mass is 35.5. The number of amides is 1. The van der Waals surface area contributed by atoms with Gasteiger partial charge in [-0.15, -0.1) is 0 Å². The first-order valence-corrected chi connectivity index (χ1v) is 15.5. The Morgan fingerprint density at radius 3 is 2.61 bits per heavy atom. The number of aromatic nitrogens is 1. The van der Waals surface area contributed by atoms with Gasteiger partial charge in [-0.25, -0.2) is 0 Å². The van der Waals surface area contributed by atoms with Gasteiger partial charge >= 0.3 is 0 Å². The van der Waals surface area contributed by atoms with Crippen LogP contribution in [0.1, 0.15) is 37.9 Å². The van der Waals surface area contributed by atoms with E-state index in [2.05, 4.69) is 21.6 Å². The molecular weight excluding hydrogens is 582 g/mol. The summed E-state index contributed by atoms with van der Waals surface area (Å²) in [6.45, 7) is 9.33. The van der Waals surface area contributed by atoms with Crippen molar-refractivity contribution in [3.63, 3.8) is 0 Å². The highest BCUT2D eigenvalue weighted by Crippen LogP contribution is 2.39. The summed E-state index contributed by atoms with van der Waals surface area (Å²) < 4.78 is 22.8. The molecule has 44 heavy (non-hydrogen) atoms. The molecule has 2 N–H and O–H groups in total. The molecule has 2 aromatic carbocycles. The van der Waals surface area contributed by atoms with E-state index in [9.17, 15) is 10.1 Å². The second-order valence-electron chi connectivity index (χ2n) is 10.6. The highest BCUT2D eigenvalue weighted by molar-refractivity contribution is 6.32. The Morgan fingerprint density at radius 2 is 1.91 bits per heavy atom. The van der Waals surface area contributed by atoms with Gasteiger partial charge < -0.3 is 29.6 Å². The van der Waals surface area contributed by atoms with Gasteiger partial charge in [-0.1, -0.05) is 24.6 Å². The SMILES string of the molecule is CCOc1cc2nc(CC)c(C#N)c(Nc3ccc(OC4CCOCC4)c(Cl)c3)c2cc1NC(=O)/C=C/CN1CCOCC1. The topological polar surface area (TPSA) is 118 Å². The third-order valence-electron chi connectivity index (χ3n) is 7.57. The molecular formula is C33H38ClN5O5. The van der Waals surface area contributed by atoms with Crippen LogP contribution in [0.2, 0.25) is 5.02 Å². The third kappa shape index (κ3) is 7.79. The van der Waals surface area contributed by atoms with E-state index in [0.717, 1.165) is 25.9 Å². The average Bonchev–Trinajstić information content (AvgIpc) is 3.03. The molecule has 0 aliphatic carbocycles. The van der Waals surface area contributed by atoms with Crippen molar-refractivity contribution in [3.05, 3.63) is 58.8 Å². The summed E-state index contributed by atoms with van der Waals surface area (Å²) in [5.74, 6) is 0.822. The molecule has 1 amide bonds. The largest absolute Gasteiger partial charge is 0.492 e. The van der Waals surface area contributed by atoms with Crippen LogP contribution >= 0.6 is 11.6 Å². The number of carbonyl (C=O) groups excluding carboxylic acids is 1. The number of nitrogens with one attached hydrogen (secondary N) is 2. The van der Waals surface area contributed by atoms with E-state index in [0.29, 0.717) is 102 Å². The van der Waals surface area contributed by atoms with Crippen molar-refractivity contribution in [1.82, 2.24) is 9.88 Å². The Morgan fingerprint density at radius 1 is 1.14 bits per heavy atom. The number of anilines is 3. The molecule has 10 nitrogen and oxygen atoms in total. The van der Waals surface area contributed by atoms with E-state index in [-0.39, 0.29) is 12.0 Å². The lowest BCUT2D eigenvalue weighted by Crippen LogP contribution is -2.36. The van der Waals surface area contributed by atoms with Gasteiger partial charge in [-0.2, -0.15) is 5.26 Å². The fourth-order valence-electron chi connectivity index (χ4n) is 5.28. The number of ether oxygens (including phenoxy) is 4. The van der Waals surface area contributed by atoms with E-state index < -0.39 is 0 Å². The van der Waals surface area contributed by atoms with Gasteiger partial charge in [-0.3, -0.25) is 14.7 Å². The van der Waals surface area contributed by atoms with Gasteiger partial charge in [0, 0.05) is 55.7 Å². The van der Waals surface area contributed by atoms with Crippen LogP contribution in [-0.4, -0.2) is 74.6 Å². The molecule has 0 unspecified atom stereocenters. The van der Waals surface area contributed by atoms with Crippen LogP contribution < -0.4 is 20.1 Å². The minimum Gasteiger partial charge on any atom is -0.492 e. The zero-order valence-electron chi connectivity index (χ0n) is 25.2. The van der Waals surface area contributed by atoms with Crippen molar-refractivity contribution in [2.24, 2.45) is 0 Å². The molecule has 3 aromatic rings. The molecule has 0 atom stereocenters. The summed E-state index contributed by atoms with van der Waals surface area (Å²) in [6, 6.07) is 11.4. The molecule has 2 fully saturated rings. The number of hydrogen-bond donors (Lipinski definition) is 2. The highest BCUT2D eigenvalue weighted by Gasteiger charge is 2.20. The van der Waals surface area contributed by atoms with Crippen LogP contribution in [0.15, 0.2) is 42.5 Å². The second-order valence-corrected chi connectivity index (χ2v) is 11.0. The van der Waals surface area contributed by atoms with E-state index in [1.165, 1.54) is 6.08 Å². The van der Waals surface area contributed by atoms with Gasteiger partial charge in [0.05, 0.1) is 66.2 Å². The molecule has 0 saturated carbocycles. The zero-order valence-corrected chi connectivity index (χ0v) is 25.9. The Kier molecular flexibility index (Phi) is 10.9. The predicted octanol–water partition coefficient (Wildman–Crippen LogP) is 5.85. The van der Waals surface area contributed by atoms with Crippen molar-refractivity contribution < 1.29 is 23.7 Å². The number of morpholine rings is 1. The fraction of sp³-hybridized carbons (Fsp3) is 0.424. The molecule has 1 aromatic heterocycles. The number of nitriles is 1. The second kappa shape index (κ2) is 15.2. The summed E-state index contributed by atoms with van der Waals surface area (Å²) in [5.41, 5.74) is 3.45. The Labute approximate surface area is 262 Å². The first kappa shape index (κ1) is 31.5. The number of carbonyl (C=O) groups is 1. The van der Waals surface area contributed by atoms with Crippen LogP contribution in [0.5, 0.6) is 11.5 Å². The number of halogens is 1. The first-order chi connectivity index (χ1) is 21.5.